The number of hydrogen-bond donors (Lipinski definition) is 0. The summed E-state index contributed by atoms with van der Waals surface area (Å²) >= 11 is 3.37. The predicted molar refractivity (Wildman–Crippen MR) is 64.3 cm³/mol. The first kappa shape index (κ1) is 12.4. The van der Waals surface area contributed by atoms with Gasteiger partial charge >= 0.3 is 0 Å². The summed E-state index contributed by atoms with van der Waals surface area (Å²) in [5.74, 6) is 0.0495. The molecule has 1 rings (SSSR count). The van der Waals surface area contributed by atoms with Crippen molar-refractivity contribution in [1.29, 1.82) is 0 Å². The Hall–Kier alpha value is -0.670. The molecule has 82 valence electrons. The van der Waals surface area contributed by atoms with Gasteiger partial charge in [-0.1, -0.05) is 22.9 Å². The molecule has 3 heteroatoms. The molecule has 0 heterocycles. The highest BCUT2D eigenvalue weighted by molar-refractivity contribution is 9.10. The number of rotatable bonds is 5. The number of Topliss-reactive ketones (excluding diaryl/α,β-unsaturated/α-hetero) is 1. The van der Waals surface area contributed by atoms with Gasteiger partial charge in [-0.25, -0.2) is 0 Å². The number of ketones is 1. The van der Waals surface area contributed by atoms with E-state index in [0.29, 0.717) is 6.61 Å². The van der Waals surface area contributed by atoms with Gasteiger partial charge in [-0.05, 0) is 37.1 Å². The van der Waals surface area contributed by atoms with Crippen LogP contribution >= 0.6 is 15.9 Å². The molecule has 0 amide bonds. The zero-order valence-electron chi connectivity index (χ0n) is 9.05. The maximum Gasteiger partial charge on any atom is 0.188 e. The van der Waals surface area contributed by atoms with Crippen molar-refractivity contribution in [3.05, 3.63) is 33.8 Å². The fraction of sp³-hybridized carbons (Fsp3) is 0.417. The Morgan fingerprint density at radius 1 is 1.47 bits per heavy atom. The molecule has 0 atom stereocenters. The van der Waals surface area contributed by atoms with Crippen LogP contribution in [0.15, 0.2) is 22.7 Å². The van der Waals surface area contributed by atoms with Gasteiger partial charge in [0.05, 0.1) is 0 Å². The van der Waals surface area contributed by atoms with Gasteiger partial charge in [-0.2, -0.15) is 0 Å². The smallest absolute Gasteiger partial charge is 0.188 e. The molecule has 0 unspecified atom stereocenters. The molecule has 1 aromatic carbocycles. The van der Waals surface area contributed by atoms with Gasteiger partial charge < -0.3 is 4.74 Å². The van der Waals surface area contributed by atoms with Crippen LogP contribution in [0.5, 0.6) is 0 Å². The van der Waals surface area contributed by atoms with E-state index in [1.807, 2.05) is 32.0 Å². The van der Waals surface area contributed by atoms with Gasteiger partial charge in [0.1, 0.15) is 6.61 Å². The SMILES string of the molecule is CCCOCC(=O)c1ccc(Br)cc1C. The molecule has 0 aliphatic rings. The topological polar surface area (TPSA) is 26.3 Å². The Balaban J connectivity index is 2.65. The van der Waals surface area contributed by atoms with Gasteiger partial charge in [-0.3, -0.25) is 4.79 Å². The van der Waals surface area contributed by atoms with Crippen molar-refractivity contribution in [3.63, 3.8) is 0 Å². The van der Waals surface area contributed by atoms with E-state index in [4.69, 9.17) is 4.74 Å². The highest BCUT2D eigenvalue weighted by Crippen LogP contribution is 2.16. The summed E-state index contributed by atoms with van der Waals surface area (Å²) in [4.78, 5) is 11.7. The highest BCUT2D eigenvalue weighted by atomic mass is 79.9. The summed E-state index contributed by atoms with van der Waals surface area (Å²) in [7, 11) is 0. The third-order valence-corrected chi connectivity index (χ3v) is 2.56. The Kier molecular flexibility index (Phi) is 4.99. The van der Waals surface area contributed by atoms with Gasteiger partial charge in [0.25, 0.3) is 0 Å². The third-order valence-electron chi connectivity index (χ3n) is 2.07. The molecule has 0 radical (unpaired) electrons. The Morgan fingerprint density at radius 3 is 2.80 bits per heavy atom. The summed E-state index contributed by atoms with van der Waals surface area (Å²) in [5, 5.41) is 0. The molecular weight excluding hydrogens is 256 g/mol. The quantitative estimate of drug-likeness (QED) is 0.606. The summed E-state index contributed by atoms with van der Waals surface area (Å²) in [6, 6.07) is 5.64. The minimum atomic E-state index is 0.0495. The fourth-order valence-corrected chi connectivity index (χ4v) is 1.80. The third kappa shape index (κ3) is 3.76. The Morgan fingerprint density at radius 2 is 2.20 bits per heavy atom. The number of carbonyl (C=O) groups excluding carboxylic acids is 1. The number of halogens is 1. The maximum absolute atomic E-state index is 11.7. The number of benzene rings is 1. The lowest BCUT2D eigenvalue weighted by atomic mass is 10.1. The molecule has 0 N–H and O–H groups in total. The molecule has 0 aromatic heterocycles. The average Bonchev–Trinajstić information content (AvgIpc) is 2.17. The van der Waals surface area contributed by atoms with E-state index >= 15 is 0 Å². The summed E-state index contributed by atoms with van der Waals surface area (Å²) in [5.41, 5.74) is 1.73. The number of hydrogen-bond acceptors (Lipinski definition) is 2. The molecule has 0 fully saturated rings. The zero-order chi connectivity index (χ0) is 11.3. The maximum atomic E-state index is 11.7. The second-order valence-corrected chi connectivity index (χ2v) is 4.35. The van der Waals surface area contributed by atoms with Crippen LogP contribution < -0.4 is 0 Å². The first-order valence-electron chi connectivity index (χ1n) is 5.02. The molecule has 15 heavy (non-hydrogen) atoms. The van der Waals surface area contributed by atoms with Crippen molar-refractivity contribution in [2.24, 2.45) is 0 Å². The molecule has 0 bridgehead atoms. The van der Waals surface area contributed by atoms with E-state index in [-0.39, 0.29) is 12.4 Å². The summed E-state index contributed by atoms with van der Waals surface area (Å²) in [6.45, 7) is 4.77. The zero-order valence-corrected chi connectivity index (χ0v) is 10.6. The molecule has 1 aromatic rings. The first-order chi connectivity index (χ1) is 7.15. The fourth-order valence-electron chi connectivity index (χ4n) is 1.33. The van der Waals surface area contributed by atoms with Gasteiger partial charge in [0, 0.05) is 16.6 Å². The number of aryl methyl sites for hydroxylation is 1. The second-order valence-electron chi connectivity index (χ2n) is 3.44. The van der Waals surface area contributed by atoms with Crippen molar-refractivity contribution >= 4 is 21.7 Å². The number of ether oxygens (including phenoxy) is 1. The van der Waals surface area contributed by atoms with Crippen LogP contribution in [0.25, 0.3) is 0 Å². The van der Waals surface area contributed by atoms with E-state index in [1.54, 1.807) is 0 Å². The van der Waals surface area contributed by atoms with E-state index in [1.165, 1.54) is 0 Å². The number of carbonyl (C=O) groups is 1. The van der Waals surface area contributed by atoms with Gasteiger partial charge in [-0.15, -0.1) is 0 Å². The highest BCUT2D eigenvalue weighted by Gasteiger charge is 2.08. The minimum absolute atomic E-state index is 0.0495. The lowest BCUT2D eigenvalue weighted by Crippen LogP contribution is -2.10. The van der Waals surface area contributed by atoms with E-state index in [9.17, 15) is 4.79 Å². The van der Waals surface area contributed by atoms with Crippen molar-refractivity contribution in [2.75, 3.05) is 13.2 Å². The standard InChI is InChI=1S/C12H15BrO2/c1-3-6-15-8-12(14)11-5-4-10(13)7-9(11)2/h4-5,7H,3,6,8H2,1-2H3. The van der Waals surface area contributed by atoms with E-state index in [2.05, 4.69) is 15.9 Å². The molecular formula is C12H15BrO2. The van der Waals surface area contributed by atoms with Crippen LogP contribution in [0.1, 0.15) is 29.3 Å². The van der Waals surface area contributed by atoms with E-state index in [0.717, 1.165) is 22.0 Å². The molecule has 0 aliphatic carbocycles. The normalized spacial score (nSPS) is 10.3. The van der Waals surface area contributed by atoms with E-state index < -0.39 is 0 Å². The molecule has 0 saturated carbocycles. The van der Waals surface area contributed by atoms with Crippen molar-refractivity contribution in [2.45, 2.75) is 20.3 Å². The average molecular weight is 271 g/mol. The lowest BCUT2D eigenvalue weighted by molar-refractivity contribution is 0.0761. The largest absolute Gasteiger partial charge is 0.373 e. The van der Waals surface area contributed by atoms with Crippen LogP contribution in [0.4, 0.5) is 0 Å². The molecule has 0 spiro atoms. The van der Waals surface area contributed by atoms with Gasteiger partial charge in [0.2, 0.25) is 0 Å². The summed E-state index contributed by atoms with van der Waals surface area (Å²) in [6.07, 6.45) is 0.937. The molecule has 0 saturated heterocycles. The lowest BCUT2D eigenvalue weighted by Gasteiger charge is -2.05. The van der Waals surface area contributed by atoms with Crippen molar-refractivity contribution in [1.82, 2.24) is 0 Å². The Bertz CT molecular complexity index is 347. The molecule has 2 nitrogen and oxygen atoms in total. The monoisotopic (exact) mass is 270 g/mol. The molecule has 0 aliphatic heterocycles. The van der Waals surface area contributed by atoms with Crippen molar-refractivity contribution in [3.8, 4) is 0 Å². The predicted octanol–water partition coefficient (Wildman–Crippen LogP) is 3.37. The van der Waals surface area contributed by atoms with Crippen LogP contribution in [0.2, 0.25) is 0 Å². The van der Waals surface area contributed by atoms with Crippen LogP contribution in [0.3, 0.4) is 0 Å². The van der Waals surface area contributed by atoms with Crippen molar-refractivity contribution < 1.29 is 9.53 Å². The first-order valence-corrected chi connectivity index (χ1v) is 5.81. The van der Waals surface area contributed by atoms with Gasteiger partial charge in [0.15, 0.2) is 5.78 Å². The second kappa shape index (κ2) is 6.03. The van der Waals surface area contributed by atoms with Crippen LogP contribution in [-0.2, 0) is 4.74 Å². The minimum Gasteiger partial charge on any atom is -0.373 e. The van der Waals surface area contributed by atoms with Crippen LogP contribution in [0, 0.1) is 6.92 Å². The van der Waals surface area contributed by atoms with Crippen LogP contribution in [-0.4, -0.2) is 19.0 Å². The Labute approximate surface area is 98.8 Å². The summed E-state index contributed by atoms with van der Waals surface area (Å²) < 4.78 is 6.21.